The van der Waals surface area contributed by atoms with Crippen molar-refractivity contribution in [3.05, 3.63) is 77.6 Å². The maximum atomic E-state index is 12.6. The lowest BCUT2D eigenvalue weighted by Gasteiger charge is -2.08. The molecule has 0 radical (unpaired) electrons. The number of nitrogens with one attached hydrogen (secondary N) is 1. The SMILES string of the molecule is CC(=O)c1ccc(NC(=O)c2cc(C)nn2-c2ccccc2)cc1. The number of benzene rings is 2. The molecule has 0 atom stereocenters. The van der Waals surface area contributed by atoms with Crippen LogP contribution in [0.4, 0.5) is 5.69 Å². The van der Waals surface area contributed by atoms with E-state index in [1.807, 2.05) is 37.3 Å². The molecule has 1 N–H and O–H groups in total. The summed E-state index contributed by atoms with van der Waals surface area (Å²) < 4.78 is 1.62. The number of Topliss-reactive ketones (excluding diaryl/α,β-unsaturated/α-hetero) is 1. The van der Waals surface area contributed by atoms with E-state index in [2.05, 4.69) is 10.4 Å². The highest BCUT2D eigenvalue weighted by atomic mass is 16.2. The van der Waals surface area contributed by atoms with Crippen LogP contribution in [0.25, 0.3) is 5.69 Å². The van der Waals surface area contributed by atoms with E-state index in [-0.39, 0.29) is 11.7 Å². The van der Waals surface area contributed by atoms with Crippen LogP contribution in [0, 0.1) is 6.92 Å². The molecule has 0 aliphatic rings. The molecule has 3 aromatic rings. The molecule has 0 spiro atoms. The second kappa shape index (κ2) is 6.50. The topological polar surface area (TPSA) is 64.0 Å². The smallest absolute Gasteiger partial charge is 0.274 e. The Morgan fingerprint density at radius 2 is 1.67 bits per heavy atom. The summed E-state index contributed by atoms with van der Waals surface area (Å²) in [5, 5.41) is 7.23. The van der Waals surface area contributed by atoms with Crippen molar-refractivity contribution in [1.29, 1.82) is 0 Å². The summed E-state index contributed by atoms with van der Waals surface area (Å²) in [7, 11) is 0. The van der Waals surface area contributed by atoms with Crippen LogP contribution in [0.3, 0.4) is 0 Å². The monoisotopic (exact) mass is 319 g/mol. The van der Waals surface area contributed by atoms with Crippen LogP contribution in [0.15, 0.2) is 60.7 Å². The largest absolute Gasteiger partial charge is 0.321 e. The summed E-state index contributed by atoms with van der Waals surface area (Å²) in [6.07, 6.45) is 0. The molecule has 0 saturated carbocycles. The van der Waals surface area contributed by atoms with Crippen molar-refractivity contribution in [2.75, 3.05) is 5.32 Å². The molecule has 5 heteroatoms. The molecule has 1 heterocycles. The minimum absolute atomic E-state index is 0.00865. The van der Waals surface area contributed by atoms with Gasteiger partial charge in [-0.05, 0) is 56.3 Å². The first-order chi connectivity index (χ1) is 11.5. The first-order valence-corrected chi connectivity index (χ1v) is 7.59. The molecule has 2 aromatic carbocycles. The third-order valence-corrected chi connectivity index (χ3v) is 3.61. The summed E-state index contributed by atoms with van der Waals surface area (Å²) in [5.41, 5.74) is 3.27. The minimum atomic E-state index is -0.255. The van der Waals surface area contributed by atoms with E-state index in [1.54, 1.807) is 35.0 Å². The number of amides is 1. The molecule has 5 nitrogen and oxygen atoms in total. The predicted octanol–water partition coefficient (Wildman–Crippen LogP) is 3.64. The Kier molecular flexibility index (Phi) is 4.24. The second-order valence-electron chi connectivity index (χ2n) is 5.51. The lowest BCUT2D eigenvalue weighted by Crippen LogP contribution is -2.17. The van der Waals surface area contributed by atoms with E-state index in [9.17, 15) is 9.59 Å². The van der Waals surface area contributed by atoms with Crippen LogP contribution in [-0.4, -0.2) is 21.5 Å². The van der Waals surface area contributed by atoms with Gasteiger partial charge in [-0.25, -0.2) is 4.68 Å². The lowest BCUT2D eigenvalue weighted by molar-refractivity contribution is 0.101. The predicted molar refractivity (Wildman–Crippen MR) is 92.7 cm³/mol. The Bertz CT molecular complexity index is 881. The Morgan fingerprint density at radius 3 is 2.29 bits per heavy atom. The first-order valence-electron chi connectivity index (χ1n) is 7.59. The maximum absolute atomic E-state index is 12.6. The number of ketones is 1. The van der Waals surface area contributed by atoms with Crippen LogP contribution >= 0.6 is 0 Å². The number of para-hydroxylation sites is 1. The van der Waals surface area contributed by atoms with Gasteiger partial charge in [0.1, 0.15) is 5.69 Å². The fraction of sp³-hybridized carbons (Fsp3) is 0.105. The first kappa shape index (κ1) is 15.7. The zero-order chi connectivity index (χ0) is 17.1. The van der Waals surface area contributed by atoms with Gasteiger partial charge in [0.2, 0.25) is 0 Å². The van der Waals surface area contributed by atoms with Crippen molar-refractivity contribution in [1.82, 2.24) is 9.78 Å². The number of aryl methyl sites for hydroxylation is 1. The van der Waals surface area contributed by atoms with Gasteiger partial charge in [0.15, 0.2) is 5.78 Å². The fourth-order valence-electron chi connectivity index (χ4n) is 2.41. The van der Waals surface area contributed by atoms with E-state index in [0.29, 0.717) is 16.9 Å². The highest BCUT2D eigenvalue weighted by Gasteiger charge is 2.15. The number of rotatable bonds is 4. The van der Waals surface area contributed by atoms with Crippen molar-refractivity contribution in [2.24, 2.45) is 0 Å². The van der Waals surface area contributed by atoms with Crippen LogP contribution < -0.4 is 5.32 Å². The van der Waals surface area contributed by atoms with E-state index in [1.165, 1.54) is 6.92 Å². The minimum Gasteiger partial charge on any atom is -0.321 e. The summed E-state index contributed by atoms with van der Waals surface area (Å²) in [4.78, 5) is 23.9. The normalized spacial score (nSPS) is 10.4. The van der Waals surface area contributed by atoms with Crippen molar-refractivity contribution in [3.8, 4) is 5.69 Å². The van der Waals surface area contributed by atoms with Gasteiger partial charge in [0.05, 0.1) is 11.4 Å². The summed E-state index contributed by atoms with van der Waals surface area (Å²) in [6.45, 7) is 3.35. The molecule has 0 aliphatic carbocycles. The molecule has 0 fully saturated rings. The van der Waals surface area contributed by atoms with Gasteiger partial charge in [0, 0.05) is 11.3 Å². The summed E-state index contributed by atoms with van der Waals surface area (Å²) in [5.74, 6) is -0.263. The zero-order valence-corrected chi connectivity index (χ0v) is 13.5. The molecule has 0 bridgehead atoms. The molecule has 24 heavy (non-hydrogen) atoms. The number of aromatic nitrogens is 2. The van der Waals surface area contributed by atoms with Crippen LogP contribution in [-0.2, 0) is 0 Å². The van der Waals surface area contributed by atoms with E-state index < -0.39 is 0 Å². The molecule has 1 amide bonds. The van der Waals surface area contributed by atoms with Crippen LogP contribution in [0.5, 0.6) is 0 Å². The summed E-state index contributed by atoms with van der Waals surface area (Å²) in [6, 6.07) is 18.0. The van der Waals surface area contributed by atoms with Gasteiger partial charge in [0.25, 0.3) is 5.91 Å². The second-order valence-corrected chi connectivity index (χ2v) is 5.51. The Hall–Kier alpha value is -3.21. The molecule has 1 aromatic heterocycles. The molecular formula is C19H17N3O2. The maximum Gasteiger partial charge on any atom is 0.274 e. The van der Waals surface area contributed by atoms with Gasteiger partial charge in [-0.15, -0.1) is 0 Å². The average Bonchev–Trinajstić information content (AvgIpc) is 2.98. The fourth-order valence-corrected chi connectivity index (χ4v) is 2.41. The molecule has 0 aliphatic heterocycles. The van der Waals surface area contributed by atoms with Gasteiger partial charge >= 0.3 is 0 Å². The number of carbonyl (C=O) groups is 2. The van der Waals surface area contributed by atoms with E-state index in [0.717, 1.165) is 11.4 Å². The van der Waals surface area contributed by atoms with Crippen molar-refractivity contribution >= 4 is 17.4 Å². The van der Waals surface area contributed by atoms with Crippen molar-refractivity contribution in [3.63, 3.8) is 0 Å². The highest BCUT2D eigenvalue weighted by molar-refractivity contribution is 6.04. The number of carbonyl (C=O) groups excluding carboxylic acids is 2. The lowest BCUT2D eigenvalue weighted by atomic mass is 10.1. The molecule has 0 unspecified atom stereocenters. The number of hydrogen-bond acceptors (Lipinski definition) is 3. The van der Waals surface area contributed by atoms with Gasteiger partial charge in [-0.2, -0.15) is 5.10 Å². The Morgan fingerprint density at radius 1 is 1.00 bits per heavy atom. The van der Waals surface area contributed by atoms with Crippen LogP contribution in [0.1, 0.15) is 33.5 Å². The van der Waals surface area contributed by atoms with Gasteiger partial charge < -0.3 is 5.32 Å². The third kappa shape index (κ3) is 3.25. The highest BCUT2D eigenvalue weighted by Crippen LogP contribution is 2.16. The number of nitrogens with zero attached hydrogens (tertiary/aromatic N) is 2. The standard InChI is InChI=1S/C19H17N3O2/c1-13-12-18(22(21-13)17-6-4-3-5-7-17)19(24)20-16-10-8-15(9-11-16)14(2)23/h3-12H,1-2H3,(H,20,24). The van der Waals surface area contributed by atoms with Crippen molar-refractivity contribution in [2.45, 2.75) is 13.8 Å². The van der Waals surface area contributed by atoms with Gasteiger partial charge in [-0.3, -0.25) is 9.59 Å². The molecule has 120 valence electrons. The number of anilines is 1. The van der Waals surface area contributed by atoms with E-state index >= 15 is 0 Å². The zero-order valence-electron chi connectivity index (χ0n) is 13.5. The Labute approximate surface area is 139 Å². The van der Waals surface area contributed by atoms with Gasteiger partial charge in [-0.1, -0.05) is 18.2 Å². The summed E-state index contributed by atoms with van der Waals surface area (Å²) >= 11 is 0. The van der Waals surface area contributed by atoms with E-state index in [4.69, 9.17) is 0 Å². The quantitative estimate of drug-likeness (QED) is 0.747. The molecule has 3 rings (SSSR count). The van der Waals surface area contributed by atoms with Crippen LogP contribution in [0.2, 0.25) is 0 Å². The number of hydrogen-bond donors (Lipinski definition) is 1. The average molecular weight is 319 g/mol. The third-order valence-electron chi connectivity index (χ3n) is 3.61. The molecule has 0 saturated heterocycles. The molecular weight excluding hydrogens is 302 g/mol. The Balaban J connectivity index is 1.87. The van der Waals surface area contributed by atoms with Crippen molar-refractivity contribution < 1.29 is 9.59 Å².